The van der Waals surface area contributed by atoms with Crippen molar-refractivity contribution in [2.75, 3.05) is 18.8 Å². The molecule has 0 atom stereocenters. The molecule has 174 valence electrons. The molecule has 0 fully saturated rings. The van der Waals surface area contributed by atoms with E-state index in [0.717, 1.165) is 5.56 Å². The van der Waals surface area contributed by atoms with Crippen LogP contribution in [0.1, 0.15) is 31.8 Å². The fourth-order valence-corrected chi connectivity index (χ4v) is 3.60. The van der Waals surface area contributed by atoms with Gasteiger partial charge in [0.25, 0.3) is 0 Å². The summed E-state index contributed by atoms with van der Waals surface area (Å²) in [5.41, 5.74) is 7.49. The number of alkyl carbamates (subject to hydrolysis) is 1. The lowest BCUT2D eigenvalue weighted by molar-refractivity contribution is -0.120. The van der Waals surface area contributed by atoms with Crippen LogP contribution in [0, 0.1) is 0 Å². The van der Waals surface area contributed by atoms with Crippen LogP contribution in [0.3, 0.4) is 0 Å². The van der Waals surface area contributed by atoms with E-state index in [-0.39, 0.29) is 35.7 Å². The number of nitrogen functional groups attached to an aromatic ring is 1. The van der Waals surface area contributed by atoms with E-state index in [0.29, 0.717) is 10.0 Å². The van der Waals surface area contributed by atoms with Gasteiger partial charge in [-0.25, -0.2) is 4.79 Å². The zero-order valence-electron chi connectivity index (χ0n) is 18.0. The summed E-state index contributed by atoms with van der Waals surface area (Å²) in [6.07, 6.45) is -0.766. The van der Waals surface area contributed by atoms with Crippen molar-refractivity contribution >= 4 is 45.2 Å². The highest BCUT2D eigenvalue weighted by atomic mass is 79.9. The van der Waals surface area contributed by atoms with Crippen LogP contribution in [0.4, 0.5) is 10.5 Å². The number of hydrogen-bond acceptors (Lipinski definition) is 6. The number of Topliss-reactive ketones (excluding diaryl/α,β-unsaturated/α-hetero) is 1. The molecular weight excluding hydrogens is 502 g/mol. The fourth-order valence-electron chi connectivity index (χ4n) is 3.12. The number of halogens is 1. The lowest BCUT2D eigenvalue weighted by Crippen LogP contribution is -2.39. The van der Waals surface area contributed by atoms with E-state index in [1.807, 2.05) is 18.2 Å². The predicted molar refractivity (Wildman–Crippen MR) is 130 cm³/mol. The third-order valence-electron chi connectivity index (χ3n) is 4.75. The van der Waals surface area contributed by atoms with Gasteiger partial charge in [0.15, 0.2) is 11.6 Å². The average Bonchev–Trinajstić information content (AvgIpc) is 2.85. The molecule has 3 aromatic rings. The first-order valence-corrected chi connectivity index (χ1v) is 11.1. The smallest absolute Gasteiger partial charge is 0.407 e. The maximum Gasteiger partial charge on any atom is 0.407 e. The Hall–Kier alpha value is -3.98. The Bertz CT molecular complexity index is 1200. The molecule has 0 bridgehead atoms. The minimum atomic E-state index is -0.766. The quantitative estimate of drug-likeness (QED) is 0.291. The molecule has 0 aliphatic carbocycles. The van der Waals surface area contributed by atoms with E-state index >= 15 is 0 Å². The first-order chi connectivity index (χ1) is 16.3. The Labute approximate surface area is 204 Å². The van der Waals surface area contributed by atoms with Gasteiger partial charge in [0.05, 0.1) is 12.1 Å². The van der Waals surface area contributed by atoms with E-state index in [1.54, 1.807) is 42.5 Å². The topological polar surface area (TPSA) is 128 Å². The second-order valence-corrected chi connectivity index (χ2v) is 8.14. The molecule has 0 heterocycles. The summed E-state index contributed by atoms with van der Waals surface area (Å²) in [7, 11) is 0. The van der Waals surface area contributed by atoms with Crippen molar-refractivity contribution in [3.05, 3.63) is 99.5 Å². The van der Waals surface area contributed by atoms with Gasteiger partial charge in [0.1, 0.15) is 13.2 Å². The second kappa shape index (κ2) is 11.8. The molecule has 4 N–H and O–H groups in total. The van der Waals surface area contributed by atoms with Crippen LogP contribution in [-0.4, -0.2) is 36.7 Å². The zero-order chi connectivity index (χ0) is 24.5. The number of hydrogen-bond donors (Lipinski definition) is 3. The van der Waals surface area contributed by atoms with E-state index in [4.69, 9.17) is 10.5 Å². The molecule has 0 spiro atoms. The third kappa shape index (κ3) is 6.76. The molecule has 0 unspecified atom stereocenters. The first kappa shape index (κ1) is 24.7. The Morgan fingerprint density at radius 3 is 2.18 bits per heavy atom. The van der Waals surface area contributed by atoms with Gasteiger partial charge in [-0.15, -0.1) is 0 Å². The van der Waals surface area contributed by atoms with E-state index in [9.17, 15) is 19.2 Å². The van der Waals surface area contributed by atoms with Crippen molar-refractivity contribution < 1.29 is 23.9 Å². The summed E-state index contributed by atoms with van der Waals surface area (Å²) in [6.45, 7) is -0.721. The molecule has 3 aromatic carbocycles. The molecule has 0 aliphatic heterocycles. The van der Waals surface area contributed by atoms with E-state index in [2.05, 4.69) is 26.6 Å². The molecule has 0 aromatic heterocycles. The van der Waals surface area contributed by atoms with Crippen LogP contribution in [-0.2, 0) is 16.1 Å². The van der Waals surface area contributed by atoms with Gasteiger partial charge in [0, 0.05) is 21.3 Å². The molecule has 2 amide bonds. The van der Waals surface area contributed by atoms with Gasteiger partial charge in [0.2, 0.25) is 5.91 Å². The maximum atomic E-state index is 13.0. The summed E-state index contributed by atoms with van der Waals surface area (Å²) in [6, 6.07) is 20.6. The lowest BCUT2D eigenvalue weighted by atomic mass is 9.94. The Balaban J connectivity index is 1.57. The van der Waals surface area contributed by atoms with Crippen molar-refractivity contribution in [1.82, 2.24) is 10.6 Å². The molecule has 8 nitrogen and oxygen atoms in total. The number of nitrogens with two attached hydrogens (primary N) is 1. The van der Waals surface area contributed by atoms with Crippen LogP contribution in [0.25, 0.3) is 0 Å². The number of anilines is 1. The molecule has 0 saturated carbocycles. The molecular formula is C25H22BrN3O5. The van der Waals surface area contributed by atoms with Crippen molar-refractivity contribution in [1.29, 1.82) is 0 Å². The molecule has 3 rings (SSSR count). The highest BCUT2D eigenvalue weighted by molar-refractivity contribution is 9.10. The van der Waals surface area contributed by atoms with Gasteiger partial charge in [-0.3, -0.25) is 14.4 Å². The van der Waals surface area contributed by atoms with Crippen LogP contribution in [0.2, 0.25) is 0 Å². The summed E-state index contributed by atoms with van der Waals surface area (Å²) in [5, 5.41) is 4.74. The fraction of sp³-hybridized carbons (Fsp3) is 0.120. The van der Waals surface area contributed by atoms with Crippen LogP contribution in [0.5, 0.6) is 0 Å². The molecule has 34 heavy (non-hydrogen) atoms. The van der Waals surface area contributed by atoms with Gasteiger partial charge in [-0.05, 0) is 17.7 Å². The predicted octanol–water partition coefficient (Wildman–Crippen LogP) is 3.49. The normalized spacial score (nSPS) is 10.3. The number of nitrogens with one attached hydrogen (secondary N) is 2. The molecule has 0 saturated heterocycles. The number of ether oxygens (including phenoxy) is 1. The first-order valence-electron chi connectivity index (χ1n) is 10.3. The van der Waals surface area contributed by atoms with Crippen molar-refractivity contribution in [2.24, 2.45) is 0 Å². The number of carbonyl (C=O) groups is 4. The summed E-state index contributed by atoms with van der Waals surface area (Å²) in [4.78, 5) is 49.7. The average molecular weight is 524 g/mol. The number of rotatable bonds is 9. The van der Waals surface area contributed by atoms with Crippen molar-refractivity contribution in [3.63, 3.8) is 0 Å². The van der Waals surface area contributed by atoms with Crippen molar-refractivity contribution in [3.8, 4) is 0 Å². The van der Waals surface area contributed by atoms with Crippen molar-refractivity contribution in [2.45, 2.75) is 6.61 Å². The minimum Gasteiger partial charge on any atom is -0.445 e. The standard InChI is InChI=1S/C25H22BrN3O5/c26-18-11-19(24(32)17-9-5-2-6-10-17)23(20(27)12-18)21(30)13-28-22(31)14-29-25(33)34-15-16-7-3-1-4-8-16/h1-12H,13-15,27H2,(H,28,31)(H,29,33). The lowest BCUT2D eigenvalue weighted by Gasteiger charge is -2.13. The number of benzene rings is 3. The van der Waals surface area contributed by atoms with E-state index in [1.165, 1.54) is 12.1 Å². The monoisotopic (exact) mass is 523 g/mol. The Morgan fingerprint density at radius 1 is 0.853 bits per heavy atom. The Morgan fingerprint density at radius 2 is 1.50 bits per heavy atom. The van der Waals surface area contributed by atoms with E-state index < -0.39 is 24.3 Å². The maximum absolute atomic E-state index is 13.0. The van der Waals surface area contributed by atoms with Crippen LogP contribution >= 0.6 is 15.9 Å². The molecule has 0 radical (unpaired) electrons. The molecule has 0 aliphatic rings. The zero-order valence-corrected chi connectivity index (χ0v) is 19.6. The van der Waals surface area contributed by atoms with Gasteiger partial charge >= 0.3 is 6.09 Å². The summed E-state index contributed by atoms with van der Waals surface area (Å²) in [5.74, 6) is -1.51. The summed E-state index contributed by atoms with van der Waals surface area (Å²) < 4.78 is 5.57. The SMILES string of the molecule is Nc1cc(Br)cc(C(=O)c2ccccc2)c1C(=O)CNC(=O)CNC(=O)OCc1ccccc1. The third-order valence-corrected chi connectivity index (χ3v) is 5.20. The van der Waals surface area contributed by atoms with Gasteiger partial charge in [-0.1, -0.05) is 76.6 Å². The highest BCUT2D eigenvalue weighted by Gasteiger charge is 2.22. The van der Waals surface area contributed by atoms with Crippen LogP contribution < -0.4 is 16.4 Å². The molecule has 9 heteroatoms. The number of carbonyl (C=O) groups excluding carboxylic acids is 4. The van der Waals surface area contributed by atoms with Gasteiger partial charge in [-0.2, -0.15) is 0 Å². The van der Waals surface area contributed by atoms with Crippen LogP contribution in [0.15, 0.2) is 77.3 Å². The second-order valence-electron chi connectivity index (χ2n) is 7.23. The minimum absolute atomic E-state index is 0.0209. The largest absolute Gasteiger partial charge is 0.445 e. The Kier molecular flexibility index (Phi) is 8.53. The van der Waals surface area contributed by atoms with Gasteiger partial charge < -0.3 is 21.1 Å². The highest BCUT2D eigenvalue weighted by Crippen LogP contribution is 2.26. The number of ketones is 2. The number of amides is 2. The summed E-state index contributed by atoms with van der Waals surface area (Å²) >= 11 is 3.30.